The van der Waals surface area contributed by atoms with Crippen molar-refractivity contribution in [2.45, 2.75) is 52.6 Å². The average molecular weight is 268 g/mol. The molecule has 0 bridgehead atoms. The third-order valence-corrected chi connectivity index (χ3v) is 4.28. The molecule has 110 valence electrons. The highest BCUT2D eigenvalue weighted by Gasteiger charge is 2.42. The van der Waals surface area contributed by atoms with Crippen LogP contribution in [0.1, 0.15) is 47.0 Å². The van der Waals surface area contributed by atoms with Crippen molar-refractivity contribution in [1.82, 2.24) is 9.80 Å². The molecule has 4 heteroatoms. The van der Waals surface area contributed by atoms with Crippen LogP contribution in [-0.2, 0) is 4.74 Å². The smallest absolute Gasteiger partial charge is 0.410 e. The maximum Gasteiger partial charge on any atom is 0.410 e. The molecule has 2 aliphatic heterocycles. The minimum absolute atomic E-state index is 0.137. The fraction of sp³-hybridized carbons (Fsp3) is 0.933. The van der Waals surface area contributed by atoms with Crippen LogP contribution < -0.4 is 0 Å². The Hall–Kier alpha value is -0.770. The first kappa shape index (κ1) is 14.6. The van der Waals surface area contributed by atoms with Gasteiger partial charge in [-0.1, -0.05) is 6.92 Å². The number of amides is 1. The second-order valence-corrected chi connectivity index (χ2v) is 7.12. The Morgan fingerprint density at radius 2 is 1.95 bits per heavy atom. The maximum atomic E-state index is 12.2. The van der Waals surface area contributed by atoms with Gasteiger partial charge in [-0.25, -0.2) is 4.79 Å². The fourth-order valence-corrected chi connectivity index (χ4v) is 3.32. The molecule has 0 radical (unpaired) electrons. The normalized spacial score (nSPS) is 28.9. The first-order valence-electron chi connectivity index (χ1n) is 7.54. The number of hydrogen-bond acceptors (Lipinski definition) is 3. The summed E-state index contributed by atoms with van der Waals surface area (Å²) in [5.41, 5.74) is -0.0714. The van der Waals surface area contributed by atoms with Gasteiger partial charge in [0.25, 0.3) is 0 Å². The van der Waals surface area contributed by atoms with Crippen LogP contribution in [-0.4, -0.2) is 54.2 Å². The van der Waals surface area contributed by atoms with E-state index in [1.54, 1.807) is 0 Å². The summed E-state index contributed by atoms with van der Waals surface area (Å²) in [6.07, 6.45) is 3.45. The van der Waals surface area contributed by atoms with Gasteiger partial charge in [0.2, 0.25) is 0 Å². The molecule has 0 aromatic heterocycles. The summed E-state index contributed by atoms with van der Waals surface area (Å²) in [5, 5.41) is 0. The predicted octanol–water partition coefficient (Wildman–Crippen LogP) is 2.73. The quantitative estimate of drug-likeness (QED) is 0.733. The molecule has 2 saturated heterocycles. The zero-order valence-electron chi connectivity index (χ0n) is 12.9. The van der Waals surface area contributed by atoms with E-state index in [-0.39, 0.29) is 6.09 Å². The van der Waals surface area contributed by atoms with E-state index in [1.165, 1.54) is 19.4 Å². The molecule has 1 amide bonds. The summed E-state index contributed by atoms with van der Waals surface area (Å²) >= 11 is 0. The molecule has 2 fully saturated rings. The van der Waals surface area contributed by atoms with E-state index in [9.17, 15) is 4.79 Å². The van der Waals surface area contributed by atoms with Crippen LogP contribution in [0.4, 0.5) is 4.79 Å². The van der Waals surface area contributed by atoms with Crippen molar-refractivity contribution in [2.75, 3.05) is 32.7 Å². The number of carbonyl (C=O) groups excluding carboxylic acids is 1. The highest BCUT2D eigenvalue weighted by atomic mass is 16.6. The zero-order chi connectivity index (χ0) is 14.1. The number of piperidine rings is 1. The summed E-state index contributed by atoms with van der Waals surface area (Å²) in [6, 6.07) is 0. The second-order valence-electron chi connectivity index (χ2n) is 7.12. The van der Waals surface area contributed by atoms with Crippen LogP contribution in [0, 0.1) is 5.41 Å². The number of nitrogens with zero attached hydrogens (tertiary/aromatic N) is 2. The molecule has 4 nitrogen and oxygen atoms in total. The predicted molar refractivity (Wildman–Crippen MR) is 76.2 cm³/mol. The lowest BCUT2D eigenvalue weighted by Gasteiger charge is -2.40. The van der Waals surface area contributed by atoms with Crippen molar-refractivity contribution in [3.8, 4) is 0 Å². The van der Waals surface area contributed by atoms with Gasteiger partial charge < -0.3 is 14.5 Å². The van der Waals surface area contributed by atoms with Crippen LogP contribution >= 0.6 is 0 Å². The van der Waals surface area contributed by atoms with E-state index in [1.807, 2.05) is 25.7 Å². The summed E-state index contributed by atoms with van der Waals surface area (Å²) in [4.78, 5) is 16.6. The lowest BCUT2D eigenvalue weighted by molar-refractivity contribution is 0.00551. The molecule has 0 N–H and O–H groups in total. The Kier molecular flexibility index (Phi) is 4.09. The van der Waals surface area contributed by atoms with Crippen LogP contribution in [0.2, 0.25) is 0 Å². The van der Waals surface area contributed by atoms with Gasteiger partial charge in [0.05, 0.1) is 0 Å². The summed E-state index contributed by atoms with van der Waals surface area (Å²) in [7, 11) is 0. The van der Waals surface area contributed by atoms with Gasteiger partial charge in [0, 0.05) is 25.0 Å². The van der Waals surface area contributed by atoms with E-state index < -0.39 is 5.60 Å². The van der Waals surface area contributed by atoms with Crippen molar-refractivity contribution in [1.29, 1.82) is 0 Å². The summed E-state index contributed by atoms with van der Waals surface area (Å²) < 4.78 is 5.51. The molecule has 0 aromatic carbocycles. The molecular formula is C15H28N2O2. The van der Waals surface area contributed by atoms with Crippen LogP contribution in [0.25, 0.3) is 0 Å². The minimum Gasteiger partial charge on any atom is -0.444 e. The first-order chi connectivity index (χ1) is 8.84. The lowest BCUT2D eigenvalue weighted by Crippen LogP contribution is -2.48. The van der Waals surface area contributed by atoms with Gasteiger partial charge in [-0.2, -0.15) is 0 Å². The molecule has 19 heavy (non-hydrogen) atoms. The second kappa shape index (κ2) is 5.31. The molecule has 1 unspecified atom stereocenters. The number of ether oxygens (including phenoxy) is 1. The van der Waals surface area contributed by atoms with Crippen molar-refractivity contribution >= 4 is 6.09 Å². The Morgan fingerprint density at radius 3 is 2.53 bits per heavy atom. The molecule has 2 rings (SSSR count). The van der Waals surface area contributed by atoms with Crippen molar-refractivity contribution in [3.63, 3.8) is 0 Å². The number of hydrogen-bond donors (Lipinski definition) is 0. The molecule has 1 atom stereocenters. The van der Waals surface area contributed by atoms with Gasteiger partial charge in [-0.3, -0.25) is 0 Å². The Bertz CT molecular complexity index is 338. The molecule has 2 aliphatic rings. The molecule has 0 aromatic rings. The SMILES string of the molecule is CCN1CCC2(CCCN(C(=O)OC(C)(C)C)C2)C1. The molecule has 2 heterocycles. The summed E-state index contributed by atoms with van der Waals surface area (Å²) in [5.74, 6) is 0. The van der Waals surface area contributed by atoms with Crippen LogP contribution in [0.3, 0.4) is 0 Å². The molecule has 0 saturated carbocycles. The van der Waals surface area contributed by atoms with Gasteiger partial charge in [-0.05, 0) is 53.1 Å². The topological polar surface area (TPSA) is 32.8 Å². The Labute approximate surface area is 117 Å². The molecule has 0 aliphatic carbocycles. The third-order valence-electron chi connectivity index (χ3n) is 4.28. The van der Waals surface area contributed by atoms with Gasteiger partial charge >= 0.3 is 6.09 Å². The van der Waals surface area contributed by atoms with E-state index >= 15 is 0 Å². The lowest BCUT2D eigenvalue weighted by atomic mass is 9.79. The van der Waals surface area contributed by atoms with Gasteiger partial charge in [0.15, 0.2) is 0 Å². The summed E-state index contributed by atoms with van der Waals surface area (Å²) in [6.45, 7) is 13.2. The number of carbonyl (C=O) groups is 1. The number of rotatable bonds is 1. The van der Waals surface area contributed by atoms with E-state index in [4.69, 9.17) is 4.74 Å². The first-order valence-corrected chi connectivity index (χ1v) is 7.54. The highest BCUT2D eigenvalue weighted by Crippen LogP contribution is 2.39. The van der Waals surface area contributed by atoms with E-state index in [0.717, 1.165) is 32.6 Å². The fourth-order valence-electron chi connectivity index (χ4n) is 3.32. The average Bonchev–Trinajstić information content (AvgIpc) is 2.70. The highest BCUT2D eigenvalue weighted by molar-refractivity contribution is 5.68. The standard InChI is InChI=1S/C15H28N2O2/c1-5-16-10-8-15(11-16)7-6-9-17(12-15)13(18)19-14(2,3)4/h5-12H2,1-4H3. The zero-order valence-corrected chi connectivity index (χ0v) is 12.9. The molecule has 1 spiro atoms. The van der Waals surface area contributed by atoms with Crippen LogP contribution in [0.15, 0.2) is 0 Å². The van der Waals surface area contributed by atoms with Crippen molar-refractivity contribution in [3.05, 3.63) is 0 Å². The van der Waals surface area contributed by atoms with Gasteiger partial charge in [0.1, 0.15) is 5.60 Å². The third kappa shape index (κ3) is 3.62. The van der Waals surface area contributed by atoms with E-state index in [0.29, 0.717) is 5.41 Å². The van der Waals surface area contributed by atoms with E-state index in [2.05, 4.69) is 11.8 Å². The Morgan fingerprint density at radius 1 is 1.21 bits per heavy atom. The maximum absolute atomic E-state index is 12.2. The van der Waals surface area contributed by atoms with Crippen molar-refractivity contribution in [2.24, 2.45) is 5.41 Å². The minimum atomic E-state index is -0.396. The molecular weight excluding hydrogens is 240 g/mol. The Balaban J connectivity index is 1.96. The van der Waals surface area contributed by atoms with Gasteiger partial charge in [-0.15, -0.1) is 0 Å². The monoisotopic (exact) mass is 268 g/mol. The number of likely N-dealkylation sites (tertiary alicyclic amines) is 2. The van der Waals surface area contributed by atoms with Crippen LogP contribution in [0.5, 0.6) is 0 Å². The van der Waals surface area contributed by atoms with Crippen molar-refractivity contribution < 1.29 is 9.53 Å². The largest absolute Gasteiger partial charge is 0.444 e.